The molecule has 1 N–H and O–H groups in total. The van der Waals surface area contributed by atoms with Crippen LogP contribution < -0.4 is 15.0 Å². The van der Waals surface area contributed by atoms with Gasteiger partial charge in [-0.05, 0) is 37.0 Å². The second-order valence-electron chi connectivity index (χ2n) is 6.43. The minimum Gasteiger partial charge on any atom is -0.486 e. The van der Waals surface area contributed by atoms with Crippen molar-refractivity contribution in [3.63, 3.8) is 0 Å². The van der Waals surface area contributed by atoms with E-state index in [1.807, 2.05) is 11.0 Å². The van der Waals surface area contributed by atoms with Crippen molar-refractivity contribution in [3.05, 3.63) is 47.3 Å². The molecule has 1 amide bonds. The molecule has 0 bridgehead atoms. The summed E-state index contributed by atoms with van der Waals surface area (Å²) in [6.45, 7) is 7.72. The van der Waals surface area contributed by atoms with E-state index in [0.717, 1.165) is 13.0 Å². The Kier molecular flexibility index (Phi) is 5.16. The number of benzene rings is 1. The number of amides is 1. The number of nitrogens with one attached hydrogen (secondary N) is 1. The van der Waals surface area contributed by atoms with Gasteiger partial charge in [-0.3, -0.25) is 4.79 Å². The van der Waals surface area contributed by atoms with Crippen molar-refractivity contribution in [2.45, 2.75) is 39.8 Å². The molecule has 2 heterocycles. The molecule has 1 fully saturated rings. The van der Waals surface area contributed by atoms with Crippen LogP contribution in [0.4, 0.5) is 5.95 Å². The van der Waals surface area contributed by atoms with Gasteiger partial charge in [-0.1, -0.05) is 25.1 Å². The van der Waals surface area contributed by atoms with Crippen LogP contribution >= 0.6 is 0 Å². The third-order valence-corrected chi connectivity index (χ3v) is 4.56. The molecule has 132 valence electrons. The van der Waals surface area contributed by atoms with Crippen LogP contribution in [-0.4, -0.2) is 35.0 Å². The predicted molar refractivity (Wildman–Crippen MR) is 96.7 cm³/mol. The molecule has 0 saturated carbocycles. The molecule has 1 aromatic heterocycles. The molecule has 1 aliphatic rings. The molecule has 25 heavy (non-hydrogen) atoms. The summed E-state index contributed by atoms with van der Waals surface area (Å²) >= 11 is 0. The first-order valence-electron chi connectivity index (χ1n) is 8.61. The summed E-state index contributed by atoms with van der Waals surface area (Å²) in [5.41, 5.74) is 3.61. The van der Waals surface area contributed by atoms with E-state index in [-0.39, 0.29) is 11.9 Å². The van der Waals surface area contributed by atoms with Crippen molar-refractivity contribution in [1.82, 2.24) is 15.3 Å². The molecule has 1 saturated heterocycles. The van der Waals surface area contributed by atoms with Crippen LogP contribution in [0.15, 0.2) is 30.6 Å². The van der Waals surface area contributed by atoms with E-state index in [4.69, 9.17) is 4.74 Å². The number of aromatic nitrogens is 2. The van der Waals surface area contributed by atoms with Gasteiger partial charge in [0, 0.05) is 12.6 Å². The highest BCUT2D eigenvalue weighted by Crippen LogP contribution is 2.18. The summed E-state index contributed by atoms with van der Waals surface area (Å²) in [7, 11) is 0. The lowest BCUT2D eigenvalue weighted by Gasteiger charge is -2.32. The smallest absolute Gasteiger partial charge is 0.239 e. The number of hydrogen-bond donors (Lipinski definition) is 1. The lowest BCUT2D eigenvalue weighted by molar-refractivity contribution is -0.121. The van der Waals surface area contributed by atoms with E-state index in [9.17, 15) is 4.79 Å². The summed E-state index contributed by atoms with van der Waals surface area (Å²) in [5.74, 6) is 1.20. The molecule has 6 nitrogen and oxygen atoms in total. The Morgan fingerprint density at radius 2 is 1.92 bits per heavy atom. The number of rotatable bonds is 5. The molecule has 1 atom stereocenters. The molecular formula is C19H24N4O2. The monoisotopic (exact) mass is 340 g/mol. The zero-order valence-electron chi connectivity index (χ0n) is 15.0. The van der Waals surface area contributed by atoms with Crippen LogP contribution in [0.3, 0.4) is 0 Å². The Morgan fingerprint density at radius 3 is 2.56 bits per heavy atom. The minimum absolute atomic E-state index is 0.0112. The van der Waals surface area contributed by atoms with Crippen molar-refractivity contribution in [2.24, 2.45) is 0 Å². The van der Waals surface area contributed by atoms with E-state index in [2.05, 4.69) is 48.2 Å². The van der Waals surface area contributed by atoms with Crippen LogP contribution in [-0.2, 0) is 11.4 Å². The largest absolute Gasteiger partial charge is 0.486 e. The van der Waals surface area contributed by atoms with Crippen molar-refractivity contribution in [1.29, 1.82) is 0 Å². The van der Waals surface area contributed by atoms with Gasteiger partial charge < -0.3 is 15.0 Å². The maximum absolute atomic E-state index is 11.8. The summed E-state index contributed by atoms with van der Waals surface area (Å²) in [4.78, 5) is 22.4. The van der Waals surface area contributed by atoms with Crippen LogP contribution in [0.25, 0.3) is 0 Å². The molecular weight excluding hydrogens is 316 g/mol. The maximum atomic E-state index is 11.8. The number of ether oxygens (including phenoxy) is 1. The Balaban J connectivity index is 1.65. The lowest BCUT2D eigenvalue weighted by atomic mass is 10.0. The number of nitrogens with zero attached hydrogens (tertiary/aromatic N) is 3. The standard InChI is InChI=1S/C19H24N4O2/c1-4-15-10-23(11-18(24)22-15)19-20-8-16(9-21-19)25-12-17-13(2)6-5-7-14(17)3/h5-9,15H,4,10-12H2,1-3H3,(H,22,24). The first-order chi connectivity index (χ1) is 12.1. The Bertz CT molecular complexity index is 725. The summed E-state index contributed by atoms with van der Waals surface area (Å²) < 4.78 is 5.84. The molecule has 0 aliphatic carbocycles. The van der Waals surface area contributed by atoms with Gasteiger partial charge in [0.1, 0.15) is 6.61 Å². The highest BCUT2D eigenvalue weighted by Gasteiger charge is 2.25. The Labute approximate surface area is 148 Å². The molecule has 2 aromatic rings. The van der Waals surface area contributed by atoms with Gasteiger partial charge in [-0.15, -0.1) is 0 Å². The lowest BCUT2D eigenvalue weighted by Crippen LogP contribution is -2.54. The van der Waals surface area contributed by atoms with E-state index >= 15 is 0 Å². The van der Waals surface area contributed by atoms with Crippen LogP contribution in [0.2, 0.25) is 0 Å². The van der Waals surface area contributed by atoms with E-state index in [1.165, 1.54) is 16.7 Å². The van der Waals surface area contributed by atoms with E-state index in [1.54, 1.807) is 12.4 Å². The quantitative estimate of drug-likeness (QED) is 0.905. The van der Waals surface area contributed by atoms with E-state index in [0.29, 0.717) is 24.8 Å². The second-order valence-corrected chi connectivity index (χ2v) is 6.43. The highest BCUT2D eigenvalue weighted by atomic mass is 16.5. The number of aryl methyl sites for hydroxylation is 2. The van der Waals surface area contributed by atoms with Crippen molar-refractivity contribution in [3.8, 4) is 5.75 Å². The predicted octanol–water partition coefficient (Wildman–Crippen LogP) is 2.39. The number of hydrogen-bond acceptors (Lipinski definition) is 5. The number of piperazine rings is 1. The van der Waals surface area contributed by atoms with Crippen molar-refractivity contribution >= 4 is 11.9 Å². The molecule has 6 heteroatoms. The minimum atomic E-state index is 0.0112. The van der Waals surface area contributed by atoms with Gasteiger partial charge in [0.2, 0.25) is 11.9 Å². The molecule has 1 aliphatic heterocycles. The fraction of sp³-hybridized carbons (Fsp3) is 0.421. The first kappa shape index (κ1) is 17.2. The highest BCUT2D eigenvalue weighted by molar-refractivity contribution is 5.82. The molecule has 1 unspecified atom stereocenters. The van der Waals surface area contributed by atoms with Crippen LogP contribution in [0.5, 0.6) is 5.75 Å². The van der Waals surface area contributed by atoms with Gasteiger partial charge in [0.15, 0.2) is 5.75 Å². The topological polar surface area (TPSA) is 67.3 Å². The SMILES string of the molecule is CCC1CN(c2ncc(OCc3c(C)cccc3C)cn2)CC(=O)N1. The molecule has 1 aromatic carbocycles. The molecule has 0 spiro atoms. The fourth-order valence-electron chi connectivity index (χ4n) is 2.99. The average molecular weight is 340 g/mol. The number of carbonyl (C=O) groups is 1. The second kappa shape index (κ2) is 7.51. The summed E-state index contributed by atoms with van der Waals surface area (Å²) in [6, 6.07) is 6.35. The Morgan fingerprint density at radius 1 is 1.24 bits per heavy atom. The third-order valence-electron chi connectivity index (χ3n) is 4.56. The summed E-state index contributed by atoms with van der Waals surface area (Å²) in [5, 5.41) is 2.97. The third kappa shape index (κ3) is 4.07. The Hall–Kier alpha value is -2.63. The number of carbonyl (C=O) groups excluding carboxylic acids is 1. The van der Waals surface area contributed by atoms with E-state index < -0.39 is 0 Å². The van der Waals surface area contributed by atoms with Gasteiger partial charge in [0.05, 0.1) is 18.9 Å². The summed E-state index contributed by atoms with van der Waals surface area (Å²) in [6.07, 6.45) is 4.23. The zero-order valence-corrected chi connectivity index (χ0v) is 15.0. The normalized spacial score (nSPS) is 17.3. The molecule has 3 rings (SSSR count). The van der Waals surface area contributed by atoms with Gasteiger partial charge in [-0.2, -0.15) is 0 Å². The fourth-order valence-corrected chi connectivity index (χ4v) is 2.99. The zero-order chi connectivity index (χ0) is 17.8. The van der Waals surface area contributed by atoms with Crippen LogP contribution in [0.1, 0.15) is 30.0 Å². The number of anilines is 1. The van der Waals surface area contributed by atoms with Gasteiger partial charge in [-0.25, -0.2) is 9.97 Å². The average Bonchev–Trinajstić information content (AvgIpc) is 2.61. The maximum Gasteiger partial charge on any atom is 0.239 e. The van der Waals surface area contributed by atoms with Crippen molar-refractivity contribution < 1.29 is 9.53 Å². The van der Waals surface area contributed by atoms with Crippen molar-refractivity contribution in [2.75, 3.05) is 18.0 Å². The van der Waals surface area contributed by atoms with Crippen LogP contribution in [0, 0.1) is 13.8 Å². The first-order valence-corrected chi connectivity index (χ1v) is 8.61. The van der Waals surface area contributed by atoms with Gasteiger partial charge >= 0.3 is 0 Å². The molecule has 0 radical (unpaired) electrons. The van der Waals surface area contributed by atoms with Gasteiger partial charge in [0.25, 0.3) is 0 Å².